The Bertz CT molecular complexity index is 478. The fourth-order valence-electron chi connectivity index (χ4n) is 3.46. The Morgan fingerprint density at radius 2 is 1.90 bits per heavy atom. The molecule has 1 fully saturated rings. The summed E-state index contributed by atoms with van der Waals surface area (Å²) in [6, 6.07) is 3.86. The summed E-state index contributed by atoms with van der Waals surface area (Å²) >= 11 is 0. The number of aryl methyl sites for hydroxylation is 1. The Balaban J connectivity index is 2.22. The fraction of sp³-hybridized carbons (Fsp3) is 0.667. The van der Waals surface area contributed by atoms with E-state index in [1.165, 1.54) is 38.2 Å². The highest BCUT2D eigenvalue weighted by Crippen LogP contribution is 2.35. The Hall–Kier alpha value is -1.09. The maximum Gasteiger partial charge on any atom is 0.126 e. The van der Waals surface area contributed by atoms with Crippen LogP contribution in [0, 0.1) is 18.7 Å². The number of nitrogens with zero attached hydrogens (tertiary/aromatic N) is 1. The van der Waals surface area contributed by atoms with Crippen molar-refractivity contribution in [2.45, 2.75) is 65.0 Å². The second kappa shape index (κ2) is 6.78. The maximum absolute atomic E-state index is 13.8. The van der Waals surface area contributed by atoms with Gasteiger partial charge in [0.05, 0.1) is 6.10 Å². The highest BCUT2D eigenvalue weighted by molar-refractivity contribution is 5.57. The summed E-state index contributed by atoms with van der Waals surface area (Å²) in [6.45, 7) is 5.76. The molecule has 0 bridgehead atoms. The monoisotopic (exact) mass is 293 g/mol. The molecule has 1 atom stereocenters. The SMILES string of the molecule is CCC1CCC(N(C)c2cc(C)c(F)cc2[C@H](C)O)CC1. The van der Waals surface area contributed by atoms with Crippen molar-refractivity contribution in [3.05, 3.63) is 29.1 Å². The number of halogens is 1. The minimum absolute atomic E-state index is 0.238. The molecule has 0 aliphatic heterocycles. The number of hydrogen-bond acceptors (Lipinski definition) is 2. The molecule has 0 saturated heterocycles. The fourth-order valence-corrected chi connectivity index (χ4v) is 3.46. The molecule has 21 heavy (non-hydrogen) atoms. The van der Waals surface area contributed by atoms with E-state index in [-0.39, 0.29) is 5.82 Å². The maximum atomic E-state index is 13.8. The van der Waals surface area contributed by atoms with E-state index in [9.17, 15) is 9.50 Å². The van der Waals surface area contributed by atoms with Crippen molar-refractivity contribution in [3.8, 4) is 0 Å². The van der Waals surface area contributed by atoms with Crippen molar-refractivity contribution in [2.24, 2.45) is 5.92 Å². The molecule has 0 spiro atoms. The Morgan fingerprint density at radius 1 is 1.29 bits per heavy atom. The van der Waals surface area contributed by atoms with Crippen LogP contribution in [0.2, 0.25) is 0 Å². The zero-order chi connectivity index (χ0) is 15.6. The van der Waals surface area contributed by atoms with Crippen LogP contribution in [-0.4, -0.2) is 18.2 Å². The Morgan fingerprint density at radius 3 is 2.43 bits per heavy atom. The molecule has 0 heterocycles. The highest BCUT2D eigenvalue weighted by atomic mass is 19.1. The third-order valence-electron chi connectivity index (χ3n) is 5.08. The summed E-state index contributed by atoms with van der Waals surface area (Å²) in [5.41, 5.74) is 2.31. The molecule has 0 unspecified atom stereocenters. The van der Waals surface area contributed by atoms with E-state index in [4.69, 9.17) is 0 Å². The summed E-state index contributed by atoms with van der Waals surface area (Å²) in [4.78, 5) is 2.25. The number of benzene rings is 1. The molecule has 2 rings (SSSR count). The van der Waals surface area contributed by atoms with E-state index >= 15 is 0 Å². The molecule has 118 valence electrons. The minimum atomic E-state index is -0.649. The number of aliphatic hydroxyl groups is 1. The first-order chi connectivity index (χ1) is 9.93. The normalized spacial score (nSPS) is 23.9. The van der Waals surface area contributed by atoms with Crippen molar-refractivity contribution in [1.29, 1.82) is 0 Å². The Kier molecular flexibility index (Phi) is 5.26. The summed E-state index contributed by atoms with van der Waals surface area (Å²) < 4.78 is 13.8. The molecule has 1 aliphatic carbocycles. The third-order valence-corrected chi connectivity index (χ3v) is 5.08. The van der Waals surface area contributed by atoms with E-state index in [2.05, 4.69) is 18.9 Å². The molecule has 1 saturated carbocycles. The molecular weight excluding hydrogens is 265 g/mol. The molecule has 1 N–H and O–H groups in total. The van der Waals surface area contributed by atoms with Gasteiger partial charge in [-0.05, 0) is 63.1 Å². The average Bonchev–Trinajstić information content (AvgIpc) is 2.48. The third kappa shape index (κ3) is 3.57. The van der Waals surface area contributed by atoms with Crippen molar-refractivity contribution < 1.29 is 9.50 Å². The molecule has 1 aromatic rings. The summed E-state index contributed by atoms with van der Waals surface area (Å²) in [5.74, 6) is 0.624. The van der Waals surface area contributed by atoms with Gasteiger partial charge in [-0.25, -0.2) is 4.39 Å². The first kappa shape index (κ1) is 16.3. The zero-order valence-corrected chi connectivity index (χ0v) is 13.7. The zero-order valence-electron chi connectivity index (χ0n) is 13.7. The summed E-state index contributed by atoms with van der Waals surface area (Å²) in [5, 5.41) is 9.95. The largest absolute Gasteiger partial charge is 0.389 e. The smallest absolute Gasteiger partial charge is 0.126 e. The number of rotatable bonds is 4. The van der Waals surface area contributed by atoms with Crippen LogP contribution < -0.4 is 4.90 Å². The van der Waals surface area contributed by atoms with Gasteiger partial charge in [0.25, 0.3) is 0 Å². The molecule has 2 nitrogen and oxygen atoms in total. The average molecular weight is 293 g/mol. The van der Waals surface area contributed by atoms with Gasteiger partial charge in [-0.3, -0.25) is 0 Å². The van der Waals surface area contributed by atoms with Crippen molar-refractivity contribution >= 4 is 5.69 Å². The van der Waals surface area contributed by atoms with Crippen molar-refractivity contribution in [3.63, 3.8) is 0 Å². The van der Waals surface area contributed by atoms with E-state index < -0.39 is 6.10 Å². The molecule has 0 radical (unpaired) electrons. The van der Waals surface area contributed by atoms with Gasteiger partial charge in [-0.15, -0.1) is 0 Å². The van der Waals surface area contributed by atoms with Gasteiger partial charge in [0.15, 0.2) is 0 Å². The van der Waals surface area contributed by atoms with Gasteiger partial charge in [-0.2, -0.15) is 0 Å². The van der Waals surface area contributed by atoms with Gasteiger partial charge >= 0.3 is 0 Å². The number of hydrogen-bond donors (Lipinski definition) is 1. The lowest BCUT2D eigenvalue weighted by Gasteiger charge is -2.37. The highest BCUT2D eigenvalue weighted by Gasteiger charge is 2.25. The van der Waals surface area contributed by atoms with Gasteiger partial charge < -0.3 is 10.0 Å². The van der Waals surface area contributed by atoms with E-state index in [1.54, 1.807) is 13.8 Å². The molecular formula is C18H28FNO. The molecule has 1 aromatic carbocycles. The predicted molar refractivity (Wildman–Crippen MR) is 86.2 cm³/mol. The molecule has 0 amide bonds. The molecule has 0 aromatic heterocycles. The molecule has 3 heteroatoms. The van der Waals surface area contributed by atoms with Crippen LogP contribution in [0.5, 0.6) is 0 Å². The second-order valence-electron chi connectivity index (χ2n) is 6.53. The van der Waals surface area contributed by atoms with Gasteiger partial charge in [-0.1, -0.05) is 13.3 Å². The van der Waals surface area contributed by atoms with E-state index in [1.807, 2.05) is 6.07 Å². The van der Waals surface area contributed by atoms with Crippen LogP contribution >= 0.6 is 0 Å². The number of aliphatic hydroxyl groups excluding tert-OH is 1. The van der Waals surface area contributed by atoms with Crippen LogP contribution in [-0.2, 0) is 0 Å². The minimum Gasteiger partial charge on any atom is -0.389 e. The first-order valence-corrected chi connectivity index (χ1v) is 8.15. The lowest BCUT2D eigenvalue weighted by molar-refractivity contribution is 0.198. The van der Waals surface area contributed by atoms with Gasteiger partial charge in [0.1, 0.15) is 5.82 Å². The van der Waals surface area contributed by atoms with Gasteiger partial charge in [0, 0.05) is 24.3 Å². The van der Waals surface area contributed by atoms with Crippen LogP contribution in [0.25, 0.3) is 0 Å². The summed E-state index contributed by atoms with van der Waals surface area (Å²) in [7, 11) is 2.08. The molecule has 1 aliphatic rings. The van der Waals surface area contributed by atoms with Crippen LogP contribution in [0.15, 0.2) is 12.1 Å². The quantitative estimate of drug-likeness (QED) is 0.877. The standard InChI is InChI=1S/C18H28FNO/c1-5-14-6-8-15(9-7-14)20(4)18-10-12(2)17(19)11-16(18)13(3)21/h10-11,13-15,21H,5-9H2,1-4H3/t13-,14?,15?/m0/s1. The van der Waals surface area contributed by atoms with Crippen LogP contribution in [0.1, 0.15) is 63.2 Å². The van der Waals surface area contributed by atoms with Crippen molar-refractivity contribution in [1.82, 2.24) is 0 Å². The van der Waals surface area contributed by atoms with E-state index in [0.29, 0.717) is 17.2 Å². The topological polar surface area (TPSA) is 23.5 Å². The second-order valence-corrected chi connectivity index (χ2v) is 6.53. The number of anilines is 1. The van der Waals surface area contributed by atoms with Crippen LogP contribution in [0.3, 0.4) is 0 Å². The Labute approximate surface area is 128 Å². The van der Waals surface area contributed by atoms with Gasteiger partial charge in [0.2, 0.25) is 0 Å². The van der Waals surface area contributed by atoms with Crippen molar-refractivity contribution in [2.75, 3.05) is 11.9 Å². The van der Waals surface area contributed by atoms with E-state index in [0.717, 1.165) is 11.6 Å². The lowest BCUT2D eigenvalue weighted by Crippen LogP contribution is -2.36. The lowest BCUT2D eigenvalue weighted by atomic mass is 9.83. The summed E-state index contributed by atoms with van der Waals surface area (Å²) in [6.07, 6.45) is 5.54. The first-order valence-electron chi connectivity index (χ1n) is 8.15. The predicted octanol–water partition coefficient (Wildman–Crippen LogP) is 4.59. The van der Waals surface area contributed by atoms with Crippen LogP contribution in [0.4, 0.5) is 10.1 Å².